The lowest BCUT2D eigenvalue weighted by molar-refractivity contribution is 0.167. The number of fused-ring (bicyclic) bond motifs is 1. The second-order valence-corrected chi connectivity index (χ2v) is 8.10. The van der Waals surface area contributed by atoms with Gasteiger partial charge in [-0.15, -0.1) is 5.10 Å². The van der Waals surface area contributed by atoms with Crippen LogP contribution in [0.5, 0.6) is 6.01 Å². The molecule has 1 atom stereocenters. The minimum Gasteiger partial charge on any atom is -0.459 e. The van der Waals surface area contributed by atoms with Gasteiger partial charge in [-0.05, 0) is 30.9 Å². The van der Waals surface area contributed by atoms with Crippen LogP contribution in [0.25, 0.3) is 5.65 Å². The van der Waals surface area contributed by atoms with Gasteiger partial charge >= 0.3 is 6.01 Å². The van der Waals surface area contributed by atoms with Crippen molar-refractivity contribution in [2.75, 3.05) is 36.8 Å². The van der Waals surface area contributed by atoms with Crippen LogP contribution in [0.1, 0.15) is 49.9 Å². The second kappa shape index (κ2) is 9.47. The van der Waals surface area contributed by atoms with Crippen LogP contribution in [0.4, 0.5) is 11.6 Å². The Morgan fingerprint density at radius 1 is 1.19 bits per heavy atom. The van der Waals surface area contributed by atoms with Gasteiger partial charge in [0.15, 0.2) is 11.5 Å². The van der Waals surface area contributed by atoms with Crippen molar-refractivity contribution in [3.8, 4) is 6.01 Å². The van der Waals surface area contributed by atoms with Gasteiger partial charge in [0, 0.05) is 38.8 Å². The lowest BCUT2D eigenvalue weighted by Gasteiger charge is -2.29. The van der Waals surface area contributed by atoms with Gasteiger partial charge in [0.25, 0.3) is 0 Å². The molecular weight excluding hydrogens is 392 g/mol. The molecule has 0 aromatic carbocycles. The van der Waals surface area contributed by atoms with E-state index < -0.39 is 0 Å². The second-order valence-electron chi connectivity index (χ2n) is 8.10. The summed E-state index contributed by atoms with van der Waals surface area (Å²) in [5.74, 6) is 1.39. The molecule has 1 saturated heterocycles. The molecule has 166 valence electrons. The fraction of sp³-hybridized carbons (Fsp3) is 0.545. The largest absolute Gasteiger partial charge is 0.459 e. The van der Waals surface area contributed by atoms with Crippen LogP contribution in [0.15, 0.2) is 18.5 Å². The quantitative estimate of drug-likeness (QED) is 0.568. The zero-order valence-corrected chi connectivity index (χ0v) is 18.6. The molecule has 31 heavy (non-hydrogen) atoms. The van der Waals surface area contributed by atoms with Crippen molar-refractivity contribution in [3.63, 3.8) is 0 Å². The Labute approximate surface area is 183 Å². The maximum atomic E-state index is 6.14. The standard InChI is InChI=1S/C22H32N8O/c1-4-6-18(5-2)31-22-27-19(23)21-26-14-17(30(21)28-22)12-16-11-15(3)20(25-13-16)29-9-7-24-8-10-29/h11,13-14,18,24H,4-10,12H2,1-3H3,(H2,23,27,28). The smallest absolute Gasteiger partial charge is 0.336 e. The summed E-state index contributed by atoms with van der Waals surface area (Å²) in [5.41, 5.74) is 9.90. The maximum Gasteiger partial charge on any atom is 0.336 e. The summed E-state index contributed by atoms with van der Waals surface area (Å²) in [7, 11) is 0. The number of nitrogens with zero attached hydrogens (tertiary/aromatic N) is 6. The summed E-state index contributed by atoms with van der Waals surface area (Å²) in [6.07, 6.45) is 7.38. The summed E-state index contributed by atoms with van der Waals surface area (Å²) in [4.78, 5) is 15.8. The van der Waals surface area contributed by atoms with E-state index in [4.69, 9.17) is 15.5 Å². The highest BCUT2D eigenvalue weighted by Crippen LogP contribution is 2.22. The zero-order valence-electron chi connectivity index (χ0n) is 18.6. The Morgan fingerprint density at radius 2 is 2.00 bits per heavy atom. The maximum absolute atomic E-state index is 6.14. The first kappa shape index (κ1) is 21.3. The Kier molecular flexibility index (Phi) is 6.50. The number of aromatic nitrogens is 5. The van der Waals surface area contributed by atoms with Gasteiger partial charge in [-0.2, -0.15) is 4.98 Å². The predicted octanol–water partition coefficient (Wildman–Crippen LogP) is 2.37. The number of hydrogen-bond donors (Lipinski definition) is 2. The molecular formula is C22H32N8O. The number of anilines is 2. The lowest BCUT2D eigenvalue weighted by atomic mass is 10.1. The van der Waals surface area contributed by atoms with Crippen molar-refractivity contribution in [3.05, 3.63) is 35.3 Å². The third kappa shape index (κ3) is 4.71. The van der Waals surface area contributed by atoms with E-state index in [0.29, 0.717) is 23.9 Å². The fourth-order valence-electron chi connectivity index (χ4n) is 4.06. The number of nitrogens with two attached hydrogens (primary N) is 1. The highest BCUT2D eigenvalue weighted by atomic mass is 16.5. The monoisotopic (exact) mass is 424 g/mol. The summed E-state index contributed by atoms with van der Waals surface area (Å²) >= 11 is 0. The highest BCUT2D eigenvalue weighted by molar-refractivity contribution is 5.60. The summed E-state index contributed by atoms with van der Waals surface area (Å²) < 4.78 is 7.74. The molecule has 4 rings (SSSR count). The van der Waals surface area contributed by atoms with E-state index in [0.717, 1.165) is 62.5 Å². The average molecular weight is 425 g/mol. The Hall–Kier alpha value is -2.94. The first-order valence-corrected chi connectivity index (χ1v) is 11.2. The van der Waals surface area contributed by atoms with Crippen LogP contribution in [0.2, 0.25) is 0 Å². The molecule has 0 radical (unpaired) electrons. The zero-order chi connectivity index (χ0) is 21.8. The molecule has 9 nitrogen and oxygen atoms in total. The SMILES string of the molecule is CCCC(CC)Oc1nc(N)c2ncc(Cc3cnc(N4CCNCC4)c(C)c3)n2n1. The van der Waals surface area contributed by atoms with Gasteiger partial charge in [0.2, 0.25) is 0 Å². The summed E-state index contributed by atoms with van der Waals surface area (Å²) in [6, 6.07) is 2.49. The van der Waals surface area contributed by atoms with Crippen molar-refractivity contribution >= 4 is 17.3 Å². The number of ether oxygens (including phenoxy) is 1. The van der Waals surface area contributed by atoms with Gasteiger partial charge in [-0.1, -0.05) is 26.3 Å². The fourth-order valence-corrected chi connectivity index (χ4v) is 4.06. The molecule has 9 heteroatoms. The van der Waals surface area contributed by atoms with Crippen LogP contribution >= 0.6 is 0 Å². The van der Waals surface area contributed by atoms with Crippen molar-refractivity contribution < 1.29 is 4.74 Å². The van der Waals surface area contributed by atoms with E-state index >= 15 is 0 Å². The van der Waals surface area contributed by atoms with E-state index in [-0.39, 0.29) is 6.10 Å². The van der Waals surface area contributed by atoms with Gasteiger partial charge in [-0.3, -0.25) is 0 Å². The Balaban J connectivity index is 1.57. The first-order valence-electron chi connectivity index (χ1n) is 11.2. The number of imidazole rings is 1. The first-order chi connectivity index (χ1) is 15.1. The Morgan fingerprint density at radius 3 is 2.71 bits per heavy atom. The molecule has 3 N–H and O–H groups in total. The van der Waals surface area contributed by atoms with Crippen molar-refractivity contribution in [1.29, 1.82) is 0 Å². The topological polar surface area (TPSA) is 106 Å². The minimum absolute atomic E-state index is 0.0817. The number of nitrogens with one attached hydrogen (secondary N) is 1. The normalized spacial score (nSPS) is 15.4. The van der Waals surface area contributed by atoms with Crippen molar-refractivity contribution in [1.82, 2.24) is 29.9 Å². The Bertz CT molecular complexity index is 1030. The van der Waals surface area contributed by atoms with Crippen LogP contribution in [0.3, 0.4) is 0 Å². The molecule has 0 bridgehead atoms. The van der Waals surface area contributed by atoms with E-state index in [9.17, 15) is 0 Å². The molecule has 3 aromatic heterocycles. The number of pyridine rings is 1. The molecule has 1 aliphatic heterocycles. The number of piperazine rings is 1. The number of nitrogen functional groups attached to an aromatic ring is 1. The molecule has 1 aliphatic rings. The van der Waals surface area contributed by atoms with Crippen LogP contribution in [-0.4, -0.2) is 56.8 Å². The molecule has 1 fully saturated rings. The molecule has 4 heterocycles. The van der Waals surface area contributed by atoms with Crippen molar-refractivity contribution in [2.24, 2.45) is 0 Å². The van der Waals surface area contributed by atoms with Crippen LogP contribution in [0, 0.1) is 6.92 Å². The molecule has 0 aliphatic carbocycles. The number of aryl methyl sites for hydroxylation is 1. The summed E-state index contributed by atoms with van der Waals surface area (Å²) in [6.45, 7) is 10.3. The van der Waals surface area contributed by atoms with E-state index in [1.807, 2.05) is 6.20 Å². The van der Waals surface area contributed by atoms with Crippen LogP contribution in [-0.2, 0) is 6.42 Å². The van der Waals surface area contributed by atoms with Gasteiger partial charge < -0.3 is 20.7 Å². The number of rotatable bonds is 8. The third-order valence-electron chi connectivity index (χ3n) is 5.69. The predicted molar refractivity (Wildman–Crippen MR) is 122 cm³/mol. The van der Waals surface area contributed by atoms with Crippen molar-refractivity contribution in [2.45, 2.75) is 52.6 Å². The molecule has 1 unspecified atom stereocenters. The van der Waals surface area contributed by atoms with Gasteiger partial charge in [0.1, 0.15) is 11.9 Å². The van der Waals surface area contributed by atoms with E-state index in [1.54, 1.807) is 10.7 Å². The van der Waals surface area contributed by atoms with E-state index in [2.05, 4.69) is 52.1 Å². The van der Waals surface area contributed by atoms with E-state index in [1.165, 1.54) is 5.56 Å². The third-order valence-corrected chi connectivity index (χ3v) is 5.69. The molecule has 0 spiro atoms. The summed E-state index contributed by atoms with van der Waals surface area (Å²) in [5, 5.41) is 7.96. The van der Waals surface area contributed by atoms with Crippen LogP contribution < -0.4 is 20.7 Å². The highest BCUT2D eigenvalue weighted by Gasteiger charge is 2.17. The van der Waals surface area contributed by atoms with Gasteiger partial charge in [0.05, 0.1) is 11.9 Å². The molecule has 0 amide bonds. The lowest BCUT2D eigenvalue weighted by Crippen LogP contribution is -2.44. The minimum atomic E-state index is 0.0817. The molecule has 0 saturated carbocycles. The number of hydrogen-bond acceptors (Lipinski definition) is 8. The molecule has 3 aromatic rings. The van der Waals surface area contributed by atoms with Gasteiger partial charge in [-0.25, -0.2) is 14.5 Å². The average Bonchev–Trinajstić information content (AvgIpc) is 3.17.